The number of nitro benzene ring substituents is 1. The van der Waals surface area contributed by atoms with E-state index in [0.717, 1.165) is 0 Å². The summed E-state index contributed by atoms with van der Waals surface area (Å²) in [5, 5.41) is 13.7. The summed E-state index contributed by atoms with van der Waals surface area (Å²) >= 11 is 0. The summed E-state index contributed by atoms with van der Waals surface area (Å²) in [5.41, 5.74) is 5.08. The smallest absolute Gasteiger partial charge is 0.310 e. The van der Waals surface area contributed by atoms with Crippen LogP contribution in [0, 0.1) is 10.1 Å². The van der Waals surface area contributed by atoms with Gasteiger partial charge in [-0.15, -0.1) is 0 Å². The number of amides is 1. The second kappa shape index (κ2) is 7.58. The van der Waals surface area contributed by atoms with Crippen LogP contribution in [-0.4, -0.2) is 29.5 Å². The molecule has 0 aliphatic carbocycles. The first-order chi connectivity index (χ1) is 9.98. The highest BCUT2D eigenvalue weighted by Crippen LogP contribution is 2.25. The molecule has 7 heteroatoms. The summed E-state index contributed by atoms with van der Waals surface area (Å²) in [4.78, 5) is 22.2. The Morgan fingerprint density at radius 2 is 2.00 bits per heavy atom. The molecule has 0 radical (unpaired) electrons. The molecule has 0 aromatic heterocycles. The summed E-state index contributed by atoms with van der Waals surface area (Å²) in [6, 6.07) is 5.94. The third kappa shape index (κ3) is 4.42. The number of hydrogen-bond donors (Lipinski definition) is 2. The molecule has 7 nitrogen and oxygen atoms in total. The van der Waals surface area contributed by atoms with Crippen LogP contribution < -0.4 is 15.8 Å². The maximum absolute atomic E-state index is 11.9. The van der Waals surface area contributed by atoms with Gasteiger partial charge >= 0.3 is 5.69 Å². The Bertz CT molecular complexity index is 492. The van der Waals surface area contributed by atoms with Gasteiger partial charge in [-0.05, 0) is 18.9 Å². The number of ether oxygens (including phenoxy) is 1. The number of nitro groups is 1. The van der Waals surface area contributed by atoms with Gasteiger partial charge < -0.3 is 15.8 Å². The third-order valence-corrected chi connectivity index (χ3v) is 3.57. The molecule has 1 aromatic carbocycles. The second-order valence-electron chi connectivity index (χ2n) is 4.75. The molecule has 0 atom stereocenters. The molecule has 0 bridgehead atoms. The predicted molar refractivity (Wildman–Crippen MR) is 79.1 cm³/mol. The van der Waals surface area contributed by atoms with Gasteiger partial charge in [0.1, 0.15) is 0 Å². The first-order valence-electron chi connectivity index (χ1n) is 6.85. The van der Waals surface area contributed by atoms with E-state index in [-0.39, 0.29) is 24.0 Å². The highest BCUT2D eigenvalue weighted by Gasteiger charge is 2.26. The molecular formula is C14H21N3O4. The predicted octanol–water partition coefficient (Wildman–Crippen LogP) is 1.61. The first-order valence-corrected chi connectivity index (χ1v) is 6.85. The average Bonchev–Trinajstić information content (AvgIpc) is 2.51. The van der Waals surface area contributed by atoms with Crippen LogP contribution in [0.2, 0.25) is 0 Å². The molecule has 1 aromatic rings. The van der Waals surface area contributed by atoms with Crippen molar-refractivity contribution in [2.24, 2.45) is 5.73 Å². The quantitative estimate of drug-likeness (QED) is 0.559. The van der Waals surface area contributed by atoms with E-state index in [1.807, 2.05) is 13.8 Å². The first kappa shape index (κ1) is 16.9. The van der Waals surface area contributed by atoms with Crippen LogP contribution in [0.4, 0.5) is 5.69 Å². The van der Waals surface area contributed by atoms with E-state index in [2.05, 4.69) is 5.32 Å². The SMILES string of the molecule is CCC(CC)(CN)NC(=O)COc1ccccc1[N+](=O)[O-]. The molecule has 0 saturated carbocycles. The molecule has 0 heterocycles. The molecule has 116 valence electrons. The average molecular weight is 295 g/mol. The molecule has 21 heavy (non-hydrogen) atoms. The van der Waals surface area contributed by atoms with Crippen molar-refractivity contribution in [3.8, 4) is 5.75 Å². The summed E-state index contributed by atoms with van der Waals surface area (Å²) in [5.74, 6) is -0.272. The lowest BCUT2D eigenvalue weighted by atomic mass is 9.93. The van der Waals surface area contributed by atoms with Gasteiger partial charge in [-0.3, -0.25) is 14.9 Å². The number of benzene rings is 1. The van der Waals surface area contributed by atoms with E-state index in [0.29, 0.717) is 19.4 Å². The Kier molecular flexibility index (Phi) is 6.10. The lowest BCUT2D eigenvalue weighted by Gasteiger charge is -2.31. The zero-order valence-corrected chi connectivity index (χ0v) is 12.3. The minimum Gasteiger partial charge on any atom is -0.477 e. The summed E-state index contributed by atoms with van der Waals surface area (Å²) in [6.07, 6.45) is 1.41. The van der Waals surface area contributed by atoms with Crippen LogP contribution in [-0.2, 0) is 4.79 Å². The van der Waals surface area contributed by atoms with Gasteiger partial charge in [0.15, 0.2) is 12.4 Å². The Hall–Kier alpha value is -2.15. The maximum atomic E-state index is 11.9. The van der Waals surface area contributed by atoms with Gasteiger partial charge in [-0.25, -0.2) is 0 Å². The zero-order valence-electron chi connectivity index (χ0n) is 12.3. The highest BCUT2D eigenvalue weighted by atomic mass is 16.6. The van der Waals surface area contributed by atoms with E-state index in [1.165, 1.54) is 12.1 Å². The standard InChI is InChI=1S/C14H21N3O4/c1-3-14(4-2,10-15)16-13(18)9-21-12-8-6-5-7-11(12)17(19)20/h5-8H,3-4,9-10,15H2,1-2H3,(H,16,18). The van der Waals surface area contributed by atoms with Gasteiger partial charge in [0, 0.05) is 12.6 Å². The van der Waals surface area contributed by atoms with Crippen LogP contribution in [0.1, 0.15) is 26.7 Å². The Morgan fingerprint density at radius 1 is 1.38 bits per heavy atom. The van der Waals surface area contributed by atoms with Gasteiger partial charge in [-0.1, -0.05) is 26.0 Å². The van der Waals surface area contributed by atoms with Gasteiger partial charge in [0.05, 0.1) is 10.5 Å². The van der Waals surface area contributed by atoms with E-state index >= 15 is 0 Å². The topological polar surface area (TPSA) is 107 Å². The number of rotatable bonds is 8. The fraction of sp³-hybridized carbons (Fsp3) is 0.500. The molecule has 0 saturated heterocycles. The Labute approximate surface area is 123 Å². The van der Waals surface area contributed by atoms with E-state index in [4.69, 9.17) is 10.5 Å². The molecular weight excluding hydrogens is 274 g/mol. The normalized spacial score (nSPS) is 11.0. The molecule has 1 rings (SSSR count). The molecule has 0 fully saturated rings. The number of nitrogens with zero attached hydrogens (tertiary/aromatic N) is 1. The lowest BCUT2D eigenvalue weighted by molar-refractivity contribution is -0.385. The van der Waals surface area contributed by atoms with Crippen LogP contribution in [0.3, 0.4) is 0 Å². The number of para-hydroxylation sites is 2. The second-order valence-corrected chi connectivity index (χ2v) is 4.75. The van der Waals surface area contributed by atoms with Crippen molar-refractivity contribution in [1.82, 2.24) is 5.32 Å². The van der Waals surface area contributed by atoms with E-state index < -0.39 is 10.5 Å². The van der Waals surface area contributed by atoms with Crippen molar-refractivity contribution in [2.75, 3.05) is 13.2 Å². The van der Waals surface area contributed by atoms with Gasteiger partial charge in [-0.2, -0.15) is 0 Å². The summed E-state index contributed by atoms with van der Waals surface area (Å²) < 4.78 is 5.25. The van der Waals surface area contributed by atoms with Crippen molar-refractivity contribution < 1.29 is 14.5 Å². The lowest BCUT2D eigenvalue weighted by Crippen LogP contribution is -2.54. The van der Waals surface area contributed by atoms with Crippen molar-refractivity contribution in [1.29, 1.82) is 0 Å². The van der Waals surface area contributed by atoms with E-state index in [9.17, 15) is 14.9 Å². The van der Waals surface area contributed by atoms with Gasteiger partial charge in [0.25, 0.3) is 5.91 Å². The maximum Gasteiger partial charge on any atom is 0.310 e. The van der Waals surface area contributed by atoms with Gasteiger partial charge in [0.2, 0.25) is 0 Å². The van der Waals surface area contributed by atoms with Crippen molar-refractivity contribution in [3.05, 3.63) is 34.4 Å². The Balaban J connectivity index is 2.68. The monoisotopic (exact) mass is 295 g/mol. The Morgan fingerprint density at radius 3 is 2.52 bits per heavy atom. The molecule has 1 amide bonds. The fourth-order valence-electron chi connectivity index (χ4n) is 1.97. The number of carbonyl (C=O) groups is 1. The van der Waals surface area contributed by atoms with Crippen molar-refractivity contribution in [3.63, 3.8) is 0 Å². The number of nitrogens with one attached hydrogen (secondary N) is 1. The van der Waals surface area contributed by atoms with Crippen LogP contribution in [0.25, 0.3) is 0 Å². The number of carbonyl (C=O) groups excluding carboxylic acids is 1. The molecule has 0 aliphatic rings. The molecule has 0 spiro atoms. The van der Waals surface area contributed by atoms with Crippen LogP contribution in [0.5, 0.6) is 5.75 Å². The minimum atomic E-state index is -0.546. The van der Waals surface area contributed by atoms with Crippen molar-refractivity contribution >= 4 is 11.6 Å². The van der Waals surface area contributed by atoms with Crippen LogP contribution in [0.15, 0.2) is 24.3 Å². The summed E-state index contributed by atoms with van der Waals surface area (Å²) in [6.45, 7) is 3.93. The molecule has 3 N–H and O–H groups in total. The number of hydrogen-bond acceptors (Lipinski definition) is 5. The third-order valence-electron chi connectivity index (χ3n) is 3.57. The van der Waals surface area contributed by atoms with Crippen LogP contribution >= 0.6 is 0 Å². The molecule has 0 unspecified atom stereocenters. The largest absolute Gasteiger partial charge is 0.477 e. The highest BCUT2D eigenvalue weighted by molar-refractivity contribution is 5.78. The molecule has 0 aliphatic heterocycles. The minimum absolute atomic E-state index is 0.0731. The van der Waals surface area contributed by atoms with Crippen molar-refractivity contribution in [2.45, 2.75) is 32.2 Å². The zero-order chi connectivity index (χ0) is 15.9. The number of nitrogens with two attached hydrogens (primary N) is 1. The van der Waals surface area contributed by atoms with E-state index in [1.54, 1.807) is 12.1 Å². The fourth-order valence-corrected chi connectivity index (χ4v) is 1.97. The summed E-state index contributed by atoms with van der Waals surface area (Å²) in [7, 11) is 0.